The molecule has 0 saturated carbocycles. The van der Waals surface area contributed by atoms with E-state index < -0.39 is 58.7 Å². The Morgan fingerprint density at radius 1 is 1.07 bits per heavy atom. The van der Waals surface area contributed by atoms with Gasteiger partial charge in [0.25, 0.3) is 10.1 Å². The standard InChI is InChI=1S/C14H11N3O8S2.2K/c15-3-4-16-11-9-6-1-2-8(26(20,21)22)10(9)14(19)17-13(18)7(5-6)12(11)27(23,24)25;;/h2,16H,3-4,15H2,(H,17,18,19)(H,20,21,22)(H,23,24,25);;/q-2;2*+1. The molecule has 144 valence electrons. The van der Waals surface area contributed by atoms with Crippen molar-refractivity contribution in [3.63, 3.8) is 0 Å². The van der Waals surface area contributed by atoms with Gasteiger partial charge in [-0.25, -0.2) is 25.9 Å². The van der Waals surface area contributed by atoms with E-state index in [1.807, 2.05) is 0 Å². The van der Waals surface area contributed by atoms with Gasteiger partial charge < -0.3 is 21.2 Å². The van der Waals surface area contributed by atoms with Crippen LogP contribution in [0.5, 0.6) is 0 Å². The number of nitrogens with two attached hydrogens (primary N) is 1. The van der Waals surface area contributed by atoms with Crippen LogP contribution in [0.4, 0.5) is 5.69 Å². The number of amides is 2. The Morgan fingerprint density at radius 3 is 2.21 bits per heavy atom. The Kier molecular flexibility index (Phi) is 9.65. The number of carbonyl (C=O) groups is 2. The molecular formula is C14H11K2N3O8S2. The fraction of sp³-hybridized carbons (Fsp3) is 0.143. The Bertz CT molecular complexity index is 1230. The Morgan fingerprint density at radius 2 is 1.69 bits per heavy atom. The monoisotopic (exact) mass is 491 g/mol. The maximum Gasteiger partial charge on any atom is 1.00 e. The van der Waals surface area contributed by atoms with Gasteiger partial charge in [-0.05, 0) is 4.90 Å². The molecule has 2 heterocycles. The molecule has 0 radical (unpaired) electrons. The van der Waals surface area contributed by atoms with Gasteiger partial charge in [-0.3, -0.25) is 13.9 Å². The number of carbonyl (C=O) groups excluding carboxylic acids is 2. The van der Waals surface area contributed by atoms with Crippen LogP contribution in [0, 0.1) is 12.1 Å². The first kappa shape index (κ1) is 27.7. The van der Waals surface area contributed by atoms with Gasteiger partial charge in [-0.2, -0.15) is 8.42 Å². The molecule has 0 aromatic heterocycles. The minimum absolute atomic E-state index is 0. The van der Waals surface area contributed by atoms with E-state index in [4.69, 9.17) is 5.73 Å². The second-order valence-electron chi connectivity index (χ2n) is 5.43. The number of imide groups is 1. The summed E-state index contributed by atoms with van der Waals surface area (Å²) in [5, 5.41) is 3.94. The third kappa shape index (κ3) is 5.37. The molecule has 4 bridgehead atoms. The maximum absolute atomic E-state index is 12.4. The number of hydrogen-bond acceptors (Lipinski definition) is 8. The molecule has 2 aromatic carbocycles. The summed E-state index contributed by atoms with van der Waals surface area (Å²) >= 11 is 0. The SMILES string of the molecule is NCCNc1c(S(=O)(=O)O)c2[c-]c3[c-]cc(S(=O)(=O)O)c(c13)C(=O)NC2=O.[K+].[K+]. The molecule has 0 saturated heterocycles. The summed E-state index contributed by atoms with van der Waals surface area (Å²) in [4.78, 5) is 22.9. The Balaban J connectivity index is 0.00000210. The van der Waals surface area contributed by atoms with Gasteiger partial charge in [0, 0.05) is 18.7 Å². The first-order chi connectivity index (χ1) is 12.5. The fourth-order valence-electron chi connectivity index (χ4n) is 2.74. The van der Waals surface area contributed by atoms with Crippen LogP contribution < -0.4 is 119 Å². The number of anilines is 1. The summed E-state index contributed by atoms with van der Waals surface area (Å²) in [5.74, 6) is -2.44. The van der Waals surface area contributed by atoms with Crippen LogP contribution in [0.2, 0.25) is 0 Å². The van der Waals surface area contributed by atoms with Crippen molar-refractivity contribution < 1.29 is 138 Å². The van der Waals surface area contributed by atoms with E-state index in [9.17, 15) is 35.5 Å². The summed E-state index contributed by atoms with van der Waals surface area (Å²) < 4.78 is 66.2. The molecule has 0 spiro atoms. The molecular weight excluding hydrogens is 480 g/mol. The first-order valence-corrected chi connectivity index (χ1v) is 10.1. The number of fused-ring (bicyclic) bond motifs is 3. The quantitative estimate of drug-likeness (QED) is 0.116. The van der Waals surface area contributed by atoms with Gasteiger partial charge in [-0.1, -0.05) is 5.69 Å². The summed E-state index contributed by atoms with van der Waals surface area (Å²) in [6, 6.07) is 5.63. The number of hydrogen-bond donors (Lipinski definition) is 5. The van der Waals surface area contributed by atoms with E-state index in [1.54, 1.807) is 5.32 Å². The molecule has 6 N–H and O–H groups in total. The van der Waals surface area contributed by atoms with Crippen molar-refractivity contribution in [1.82, 2.24) is 5.32 Å². The molecule has 15 heteroatoms. The number of nitrogens with one attached hydrogen (secondary N) is 2. The fourth-order valence-corrected chi connectivity index (χ4v) is 4.23. The van der Waals surface area contributed by atoms with Crippen molar-refractivity contribution in [3.05, 3.63) is 29.3 Å². The van der Waals surface area contributed by atoms with E-state index in [0.29, 0.717) is 0 Å². The average Bonchev–Trinajstić information content (AvgIpc) is 2.54. The minimum Gasteiger partial charge on any atom is -0.408 e. The van der Waals surface area contributed by atoms with Crippen molar-refractivity contribution in [1.29, 1.82) is 0 Å². The van der Waals surface area contributed by atoms with Crippen LogP contribution in [0.3, 0.4) is 0 Å². The van der Waals surface area contributed by atoms with Crippen LogP contribution in [-0.2, 0) is 20.2 Å². The summed E-state index contributed by atoms with van der Waals surface area (Å²) in [6.45, 7) is -0.0516. The summed E-state index contributed by atoms with van der Waals surface area (Å²) in [6.07, 6.45) is 0. The smallest absolute Gasteiger partial charge is 0.408 e. The van der Waals surface area contributed by atoms with E-state index in [0.717, 1.165) is 6.07 Å². The van der Waals surface area contributed by atoms with Crippen LogP contribution >= 0.6 is 0 Å². The minimum atomic E-state index is -5.01. The van der Waals surface area contributed by atoms with E-state index in [-0.39, 0.29) is 127 Å². The van der Waals surface area contributed by atoms with E-state index >= 15 is 0 Å². The molecule has 2 aliphatic rings. The average molecular weight is 492 g/mol. The zero-order valence-corrected chi connectivity index (χ0v) is 23.1. The van der Waals surface area contributed by atoms with E-state index in [1.165, 1.54) is 0 Å². The second-order valence-corrected chi connectivity index (χ2v) is 8.18. The van der Waals surface area contributed by atoms with Crippen molar-refractivity contribution in [2.45, 2.75) is 9.79 Å². The molecule has 11 nitrogen and oxygen atoms in total. The molecule has 0 unspecified atom stereocenters. The molecule has 0 aliphatic carbocycles. The molecule has 0 atom stereocenters. The molecule has 2 amide bonds. The van der Waals surface area contributed by atoms with Gasteiger partial charge in [0.1, 0.15) is 5.91 Å². The normalized spacial score (nSPS) is 13.3. The Hall–Kier alpha value is 0.693. The third-order valence-electron chi connectivity index (χ3n) is 3.71. The van der Waals surface area contributed by atoms with Crippen molar-refractivity contribution in [3.8, 4) is 0 Å². The molecule has 29 heavy (non-hydrogen) atoms. The molecule has 2 aliphatic heterocycles. The zero-order valence-electron chi connectivity index (χ0n) is 15.2. The first-order valence-electron chi connectivity index (χ1n) is 7.19. The zero-order chi connectivity index (χ0) is 20.1. The summed E-state index contributed by atoms with van der Waals surface area (Å²) in [5.41, 5.74) is 3.59. The predicted octanol–water partition coefficient (Wildman–Crippen LogP) is -6.80. The van der Waals surface area contributed by atoms with Gasteiger partial charge >= 0.3 is 103 Å². The number of benzene rings is 2. The van der Waals surface area contributed by atoms with Gasteiger partial charge in [-0.15, -0.1) is 17.0 Å². The topological polar surface area (TPSA) is 193 Å². The van der Waals surface area contributed by atoms with E-state index in [2.05, 4.69) is 17.4 Å². The molecule has 2 aromatic rings. The third-order valence-corrected chi connectivity index (χ3v) is 5.51. The van der Waals surface area contributed by atoms with Crippen molar-refractivity contribution in [2.75, 3.05) is 18.4 Å². The Labute approximate surface area is 250 Å². The van der Waals surface area contributed by atoms with Crippen molar-refractivity contribution >= 4 is 48.5 Å². The van der Waals surface area contributed by atoms with Crippen LogP contribution in [0.25, 0.3) is 10.8 Å². The van der Waals surface area contributed by atoms with Gasteiger partial charge in [0.05, 0.1) is 4.90 Å². The van der Waals surface area contributed by atoms with Crippen LogP contribution in [0.1, 0.15) is 20.7 Å². The van der Waals surface area contributed by atoms with Gasteiger partial charge in [0.15, 0.2) is 0 Å². The summed E-state index contributed by atoms with van der Waals surface area (Å²) in [7, 11) is -9.96. The second kappa shape index (κ2) is 10.1. The molecule has 4 rings (SSSR count). The van der Waals surface area contributed by atoms with Crippen LogP contribution in [-0.4, -0.2) is 50.8 Å². The van der Waals surface area contributed by atoms with Crippen molar-refractivity contribution in [2.24, 2.45) is 5.73 Å². The maximum atomic E-state index is 12.4. The largest absolute Gasteiger partial charge is 1.00 e. The molecule has 0 fully saturated rings. The van der Waals surface area contributed by atoms with Crippen LogP contribution in [0.15, 0.2) is 15.9 Å². The number of rotatable bonds is 5. The predicted molar refractivity (Wildman–Crippen MR) is 90.6 cm³/mol. The van der Waals surface area contributed by atoms with Gasteiger partial charge in [0.2, 0.25) is 16.0 Å².